The maximum absolute atomic E-state index is 4.88. The minimum absolute atomic E-state index is 0.530. The van der Waals surface area contributed by atoms with E-state index in [1.165, 1.54) is 22.9 Å². The Hall–Kier alpha value is -1.98. The normalized spacial score (nSPS) is 14.4. The fourth-order valence-corrected chi connectivity index (χ4v) is 4.44. The molecule has 0 saturated heterocycles. The Bertz CT molecular complexity index is 1070. The van der Waals surface area contributed by atoms with E-state index in [0.29, 0.717) is 5.92 Å². The van der Waals surface area contributed by atoms with Crippen molar-refractivity contribution in [2.24, 2.45) is 0 Å². The molecule has 0 radical (unpaired) electrons. The van der Waals surface area contributed by atoms with Gasteiger partial charge in [0, 0.05) is 26.2 Å². The molecule has 0 amide bonds. The van der Waals surface area contributed by atoms with Crippen LogP contribution in [0.1, 0.15) is 24.6 Å². The molecular weight excluding hydrogens is 382 g/mol. The summed E-state index contributed by atoms with van der Waals surface area (Å²) in [6.45, 7) is 0. The number of benzene rings is 2. The van der Waals surface area contributed by atoms with Crippen molar-refractivity contribution in [3.63, 3.8) is 0 Å². The highest BCUT2D eigenvalue weighted by Crippen LogP contribution is 2.43. The lowest BCUT2D eigenvalue weighted by Crippen LogP contribution is -1.99. The summed E-state index contributed by atoms with van der Waals surface area (Å²) in [5.41, 5.74) is 1.03. The summed E-state index contributed by atoms with van der Waals surface area (Å²) in [5.74, 6) is 2.42. The third kappa shape index (κ3) is 2.48. The Kier molecular flexibility index (Phi) is 3.31. The molecule has 0 unspecified atom stereocenters. The van der Waals surface area contributed by atoms with Crippen LogP contribution < -0.4 is 5.32 Å². The molecule has 2 aromatic carbocycles. The van der Waals surface area contributed by atoms with Gasteiger partial charge in [-0.2, -0.15) is 0 Å². The number of anilines is 2. The van der Waals surface area contributed by atoms with E-state index in [4.69, 9.17) is 9.97 Å². The molecule has 0 bridgehead atoms. The molecule has 3 nitrogen and oxygen atoms in total. The van der Waals surface area contributed by atoms with Crippen LogP contribution in [0, 0.1) is 0 Å². The minimum Gasteiger partial charge on any atom is -0.340 e. The molecule has 1 N–H and O–H groups in total. The van der Waals surface area contributed by atoms with Gasteiger partial charge < -0.3 is 5.32 Å². The zero-order valence-electron chi connectivity index (χ0n) is 12.8. The van der Waals surface area contributed by atoms with Crippen molar-refractivity contribution in [1.29, 1.82) is 0 Å². The van der Waals surface area contributed by atoms with E-state index in [-0.39, 0.29) is 0 Å². The predicted molar refractivity (Wildman–Crippen MR) is 104 cm³/mol. The third-order valence-corrected chi connectivity index (χ3v) is 5.84. The van der Waals surface area contributed by atoms with Crippen LogP contribution in [0.4, 0.5) is 11.5 Å². The maximum atomic E-state index is 4.88. The molecule has 1 aliphatic rings. The zero-order chi connectivity index (χ0) is 16.1. The van der Waals surface area contributed by atoms with E-state index < -0.39 is 0 Å². The molecule has 1 fully saturated rings. The van der Waals surface area contributed by atoms with Gasteiger partial charge in [-0.05, 0) is 37.1 Å². The average Bonchev–Trinajstić information content (AvgIpc) is 3.35. The Morgan fingerprint density at radius 2 is 1.92 bits per heavy atom. The Balaban J connectivity index is 1.74. The van der Waals surface area contributed by atoms with E-state index in [1.54, 1.807) is 11.3 Å². The SMILES string of the molecule is Brc1cccc(Nc2nc(C3CC3)nc3sc4ccccc4c23)c1. The van der Waals surface area contributed by atoms with Gasteiger partial charge in [-0.25, -0.2) is 9.97 Å². The van der Waals surface area contributed by atoms with Crippen molar-refractivity contribution >= 4 is 59.1 Å². The number of halogens is 1. The lowest BCUT2D eigenvalue weighted by atomic mass is 10.2. The molecule has 1 saturated carbocycles. The summed E-state index contributed by atoms with van der Waals surface area (Å²) in [6.07, 6.45) is 2.40. The fraction of sp³-hybridized carbons (Fsp3) is 0.158. The smallest absolute Gasteiger partial charge is 0.143 e. The van der Waals surface area contributed by atoms with Crippen LogP contribution in [0.5, 0.6) is 0 Å². The van der Waals surface area contributed by atoms with E-state index in [9.17, 15) is 0 Å². The summed E-state index contributed by atoms with van der Waals surface area (Å²) in [4.78, 5) is 10.8. The summed E-state index contributed by atoms with van der Waals surface area (Å²) >= 11 is 5.28. The van der Waals surface area contributed by atoms with Crippen molar-refractivity contribution < 1.29 is 0 Å². The van der Waals surface area contributed by atoms with Gasteiger partial charge in [0.05, 0.1) is 5.39 Å². The molecule has 0 aliphatic heterocycles. The molecule has 118 valence electrons. The van der Waals surface area contributed by atoms with Gasteiger partial charge in [-0.3, -0.25) is 0 Å². The van der Waals surface area contributed by atoms with Gasteiger partial charge in [0.15, 0.2) is 0 Å². The highest BCUT2D eigenvalue weighted by molar-refractivity contribution is 9.10. The lowest BCUT2D eigenvalue weighted by Gasteiger charge is -2.09. The Morgan fingerprint density at radius 3 is 2.75 bits per heavy atom. The number of hydrogen-bond acceptors (Lipinski definition) is 4. The number of thiophene rings is 1. The second-order valence-electron chi connectivity index (χ2n) is 6.12. The minimum atomic E-state index is 0.530. The highest BCUT2D eigenvalue weighted by Gasteiger charge is 2.28. The van der Waals surface area contributed by atoms with Crippen LogP contribution >= 0.6 is 27.3 Å². The monoisotopic (exact) mass is 395 g/mol. The van der Waals surface area contributed by atoms with Crippen LogP contribution in [0.3, 0.4) is 0 Å². The second kappa shape index (κ2) is 5.53. The number of nitrogens with one attached hydrogen (secondary N) is 1. The van der Waals surface area contributed by atoms with Crippen molar-refractivity contribution in [1.82, 2.24) is 9.97 Å². The van der Waals surface area contributed by atoms with E-state index in [0.717, 1.165) is 32.0 Å². The molecule has 5 rings (SSSR count). The van der Waals surface area contributed by atoms with Gasteiger partial charge in [0.1, 0.15) is 16.5 Å². The number of nitrogens with zero attached hydrogens (tertiary/aromatic N) is 2. The van der Waals surface area contributed by atoms with Crippen molar-refractivity contribution in [3.05, 3.63) is 58.8 Å². The summed E-state index contributed by atoms with van der Waals surface area (Å²) in [7, 11) is 0. The Labute approximate surface area is 151 Å². The van der Waals surface area contributed by atoms with Gasteiger partial charge in [-0.15, -0.1) is 11.3 Å². The quantitative estimate of drug-likeness (QED) is 0.446. The zero-order valence-corrected chi connectivity index (χ0v) is 15.2. The maximum Gasteiger partial charge on any atom is 0.143 e. The van der Waals surface area contributed by atoms with E-state index >= 15 is 0 Å². The van der Waals surface area contributed by atoms with Gasteiger partial charge >= 0.3 is 0 Å². The summed E-state index contributed by atoms with van der Waals surface area (Å²) < 4.78 is 2.31. The van der Waals surface area contributed by atoms with E-state index in [2.05, 4.69) is 57.6 Å². The van der Waals surface area contributed by atoms with Gasteiger partial charge in [-0.1, -0.05) is 40.2 Å². The number of rotatable bonds is 3. The first-order valence-corrected chi connectivity index (χ1v) is 9.61. The summed E-state index contributed by atoms with van der Waals surface area (Å²) in [5, 5.41) is 5.86. The largest absolute Gasteiger partial charge is 0.340 e. The van der Waals surface area contributed by atoms with Crippen molar-refractivity contribution in [2.45, 2.75) is 18.8 Å². The Morgan fingerprint density at radius 1 is 1.04 bits per heavy atom. The molecule has 0 spiro atoms. The molecule has 5 heteroatoms. The molecule has 1 aliphatic carbocycles. The average molecular weight is 396 g/mol. The first-order valence-electron chi connectivity index (χ1n) is 8.00. The first kappa shape index (κ1) is 14.4. The molecule has 4 aromatic rings. The van der Waals surface area contributed by atoms with E-state index in [1.807, 2.05) is 12.1 Å². The second-order valence-corrected chi connectivity index (χ2v) is 8.06. The topological polar surface area (TPSA) is 37.8 Å². The number of aromatic nitrogens is 2. The number of hydrogen-bond donors (Lipinski definition) is 1. The van der Waals surface area contributed by atoms with Crippen molar-refractivity contribution in [3.8, 4) is 0 Å². The third-order valence-electron chi connectivity index (χ3n) is 4.29. The van der Waals surface area contributed by atoms with Crippen molar-refractivity contribution in [2.75, 3.05) is 5.32 Å². The molecule has 2 aromatic heterocycles. The molecule has 0 atom stereocenters. The van der Waals surface area contributed by atoms with Crippen LogP contribution in [0.25, 0.3) is 20.3 Å². The van der Waals surface area contributed by atoms with Crippen LogP contribution in [-0.4, -0.2) is 9.97 Å². The number of fused-ring (bicyclic) bond motifs is 3. The van der Waals surface area contributed by atoms with Crippen LogP contribution in [0.2, 0.25) is 0 Å². The summed E-state index contributed by atoms with van der Waals surface area (Å²) in [6, 6.07) is 16.6. The van der Waals surface area contributed by atoms with Gasteiger partial charge in [0.2, 0.25) is 0 Å². The fourth-order valence-electron chi connectivity index (χ4n) is 2.96. The lowest BCUT2D eigenvalue weighted by molar-refractivity contribution is 0.954. The molecule has 2 heterocycles. The predicted octanol–water partition coefficient (Wildman–Crippen LogP) is 6.23. The van der Waals surface area contributed by atoms with Crippen LogP contribution in [0.15, 0.2) is 53.0 Å². The van der Waals surface area contributed by atoms with Gasteiger partial charge in [0.25, 0.3) is 0 Å². The molecule has 24 heavy (non-hydrogen) atoms. The van der Waals surface area contributed by atoms with Crippen LogP contribution in [-0.2, 0) is 0 Å². The molecular formula is C19H14BrN3S. The standard InChI is InChI=1S/C19H14BrN3S/c20-12-4-3-5-13(10-12)21-18-16-14-6-1-2-7-15(14)24-19(16)23-17(22-18)11-8-9-11/h1-7,10-11H,8-9H2,(H,21,22,23). The first-order chi connectivity index (χ1) is 11.8. The highest BCUT2D eigenvalue weighted by atomic mass is 79.9.